The molecule has 29 heavy (non-hydrogen) atoms. The van der Waals surface area contributed by atoms with Gasteiger partial charge < -0.3 is 15.6 Å². The van der Waals surface area contributed by atoms with Crippen molar-refractivity contribution in [1.82, 2.24) is 9.55 Å². The molecule has 1 aliphatic heterocycles. The van der Waals surface area contributed by atoms with Crippen molar-refractivity contribution in [1.29, 1.82) is 0 Å². The van der Waals surface area contributed by atoms with Crippen molar-refractivity contribution in [3.8, 4) is 11.4 Å². The minimum absolute atomic E-state index is 0.0764. The van der Waals surface area contributed by atoms with E-state index in [0.29, 0.717) is 16.9 Å². The van der Waals surface area contributed by atoms with Gasteiger partial charge in [-0.3, -0.25) is 9.59 Å². The lowest BCUT2D eigenvalue weighted by Gasteiger charge is -2.10. The summed E-state index contributed by atoms with van der Waals surface area (Å²) < 4.78 is 2.19. The Bertz CT molecular complexity index is 1040. The van der Waals surface area contributed by atoms with Gasteiger partial charge in [-0.25, -0.2) is 4.98 Å². The molecule has 6 nitrogen and oxygen atoms in total. The number of carbonyl (C=O) groups excluding carboxylic acids is 2. The predicted molar refractivity (Wildman–Crippen MR) is 113 cm³/mol. The summed E-state index contributed by atoms with van der Waals surface area (Å²) in [4.78, 5) is 29.3. The van der Waals surface area contributed by atoms with Crippen molar-refractivity contribution in [2.45, 2.75) is 38.6 Å². The molecule has 0 unspecified atom stereocenters. The number of primary amides is 1. The summed E-state index contributed by atoms with van der Waals surface area (Å²) in [7, 11) is 0. The third-order valence-electron chi connectivity index (χ3n) is 5.25. The van der Waals surface area contributed by atoms with E-state index < -0.39 is 5.91 Å². The number of nitrogens with one attached hydrogen (secondary N) is 1. The summed E-state index contributed by atoms with van der Waals surface area (Å²) in [5, 5.41) is 2.94. The monoisotopic (exact) mass is 388 g/mol. The van der Waals surface area contributed by atoms with Gasteiger partial charge in [0.05, 0.1) is 12.1 Å². The number of amides is 2. The van der Waals surface area contributed by atoms with Crippen LogP contribution in [0.4, 0.5) is 5.69 Å². The minimum Gasteiger partial charge on any atom is -0.369 e. The Morgan fingerprint density at radius 2 is 1.76 bits per heavy atom. The highest BCUT2D eigenvalue weighted by molar-refractivity contribution is 6.05. The summed E-state index contributed by atoms with van der Waals surface area (Å²) in [5.41, 5.74) is 9.07. The van der Waals surface area contributed by atoms with Crippen LogP contribution in [0.25, 0.3) is 11.4 Å². The van der Waals surface area contributed by atoms with E-state index in [0.717, 1.165) is 49.3 Å². The van der Waals surface area contributed by atoms with E-state index in [4.69, 9.17) is 10.7 Å². The summed E-state index contributed by atoms with van der Waals surface area (Å²) in [5.74, 6) is 0.141. The van der Waals surface area contributed by atoms with Gasteiger partial charge in [0.1, 0.15) is 11.5 Å². The lowest BCUT2D eigenvalue weighted by Crippen LogP contribution is -2.19. The average Bonchev–Trinajstić information content (AvgIpc) is 2.91. The number of nitrogens with zero attached hydrogens (tertiary/aromatic N) is 2. The van der Waals surface area contributed by atoms with Crippen LogP contribution in [0.1, 0.15) is 41.0 Å². The summed E-state index contributed by atoms with van der Waals surface area (Å²) >= 11 is 0. The SMILES string of the molecule is NC(=O)Cc1ccccc1NC(=O)c1nc(-c2ccccc2)n2c1CCCCC2. The molecule has 6 heteroatoms. The van der Waals surface area contributed by atoms with Crippen LogP contribution < -0.4 is 11.1 Å². The Kier molecular flexibility index (Phi) is 5.42. The number of imidazole rings is 1. The Labute approximate surface area is 169 Å². The van der Waals surface area contributed by atoms with Crippen molar-refractivity contribution in [2.24, 2.45) is 5.73 Å². The molecular formula is C23H24N4O2. The summed E-state index contributed by atoms with van der Waals surface area (Å²) in [6, 6.07) is 17.2. The van der Waals surface area contributed by atoms with Gasteiger partial charge in [0.15, 0.2) is 0 Å². The fourth-order valence-electron chi connectivity index (χ4n) is 3.87. The quantitative estimate of drug-likeness (QED) is 0.700. The molecule has 0 bridgehead atoms. The molecule has 0 spiro atoms. The van der Waals surface area contributed by atoms with Crippen molar-refractivity contribution < 1.29 is 9.59 Å². The van der Waals surface area contributed by atoms with Gasteiger partial charge in [-0.2, -0.15) is 0 Å². The second kappa shape index (κ2) is 8.31. The van der Waals surface area contributed by atoms with Gasteiger partial charge >= 0.3 is 0 Å². The molecule has 148 valence electrons. The normalized spacial score (nSPS) is 13.4. The van der Waals surface area contributed by atoms with E-state index in [2.05, 4.69) is 9.88 Å². The van der Waals surface area contributed by atoms with Crippen molar-refractivity contribution in [2.75, 3.05) is 5.32 Å². The molecule has 3 aromatic rings. The third kappa shape index (κ3) is 4.06. The van der Waals surface area contributed by atoms with Crippen molar-refractivity contribution in [3.63, 3.8) is 0 Å². The van der Waals surface area contributed by atoms with Gasteiger partial charge in [0.25, 0.3) is 5.91 Å². The molecule has 3 N–H and O–H groups in total. The van der Waals surface area contributed by atoms with E-state index in [1.54, 1.807) is 12.1 Å². The van der Waals surface area contributed by atoms with Gasteiger partial charge in [-0.1, -0.05) is 55.0 Å². The van der Waals surface area contributed by atoms with Crippen LogP contribution in [0.15, 0.2) is 54.6 Å². The Morgan fingerprint density at radius 1 is 1.00 bits per heavy atom. The number of hydrogen-bond acceptors (Lipinski definition) is 3. The topological polar surface area (TPSA) is 90.0 Å². The zero-order valence-corrected chi connectivity index (χ0v) is 16.2. The predicted octanol–water partition coefficient (Wildman–Crippen LogP) is 3.56. The van der Waals surface area contributed by atoms with Crippen LogP contribution >= 0.6 is 0 Å². The molecule has 0 saturated heterocycles. The fraction of sp³-hybridized carbons (Fsp3) is 0.261. The molecular weight excluding hydrogens is 364 g/mol. The highest BCUT2D eigenvalue weighted by Crippen LogP contribution is 2.28. The number of hydrogen-bond donors (Lipinski definition) is 2. The molecule has 0 aliphatic carbocycles. The molecule has 4 rings (SSSR count). The van der Waals surface area contributed by atoms with Crippen LogP contribution in [0.5, 0.6) is 0 Å². The first-order chi connectivity index (χ1) is 14.1. The maximum Gasteiger partial charge on any atom is 0.276 e. The Balaban J connectivity index is 1.71. The van der Waals surface area contributed by atoms with Crippen LogP contribution in [0, 0.1) is 0 Å². The molecule has 0 fully saturated rings. The second-order valence-corrected chi connectivity index (χ2v) is 7.31. The van der Waals surface area contributed by atoms with Gasteiger partial charge in [-0.15, -0.1) is 0 Å². The van der Waals surface area contributed by atoms with Crippen LogP contribution in [-0.2, 0) is 24.2 Å². The maximum atomic E-state index is 13.2. The number of para-hydroxylation sites is 1. The largest absolute Gasteiger partial charge is 0.369 e. The fourth-order valence-corrected chi connectivity index (χ4v) is 3.87. The van der Waals surface area contributed by atoms with E-state index in [9.17, 15) is 9.59 Å². The molecule has 0 atom stereocenters. The van der Waals surface area contributed by atoms with Crippen LogP contribution in [0.3, 0.4) is 0 Å². The number of fused-ring (bicyclic) bond motifs is 1. The first kappa shape index (κ1) is 18.9. The Hall–Kier alpha value is -3.41. The molecule has 2 amide bonds. The highest BCUT2D eigenvalue weighted by atomic mass is 16.2. The second-order valence-electron chi connectivity index (χ2n) is 7.31. The molecule has 0 radical (unpaired) electrons. The molecule has 1 aromatic heterocycles. The first-order valence-electron chi connectivity index (χ1n) is 9.96. The lowest BCUT2D eigenvalue weighted by atomic mass is 10.1. The van der Waals surface area contributed by atoms with Gasteiger partial charge in [0, 0.05) is 17.8 Å². The first-order valence-corrected chi connectivity index (χ1v) is 9.96. The Morgan fingerprint density at radius 3 is 2.55 bits per heavy atom. The zero-order chi connectivity index (χ0) is 20.2. The van der Waals surface area contributed by atoms with E-state index in [1.807, 2.05) is 42.5 Å². The number of aromatic nitrogens is 2. The summed E-state index contributed by atoms with van der Waals surface area (Å²) in [6.07, 6.45) is 4.15. The average molecular weight is 388 g/mol. The van der Waals surface area contributed by atoms with E-state index in [1.165, 1.54) is 0 Å². The summed E-state index contributed by atoms with van der Waals surface area (Å²) in [6.45, 7) is 0.859. The van der Waals surface area contributed by atoms with Crippen LogP contribution in [-0.4, -0.2) is 21.4 Å². The zero-order valence-electron chi connectivity index (χ0n) is 16.2. The molecule has 0 saturated carbocycles. The van der Waals surface area contributed by atoms with E-state index >= 15 is 0 Å². The smallest absolute Gasteiger partial charge is 0.276 e. The number of nitrogens with two attached hydrogens (primary N) is 1. The highest BCUT2D eigenvalue weighted by Gasteiger charge is 2.24. The van der Waals surface area contributed by atoms with Crippen molar-refractivity contribution >= 4 is 17.5 Å². The molecule has 2 heterocycles. The van der Waals surface area contributed by atoms with Gasteiger partial charge in [0.2, 0.25) is 5.91 Å². The minimum atomic E-state index is -0.436. The van der Waals surface area contributed by atoms with E-state index in [-0.39, 0.29) is 12.3 Å². The van der Waals surface area contributed by atoms with Gasteiger partial charge in [-0.05, 0) is 30.9 Å². The maximum absolute atomic E-state index is 13.2. The number of benzene rings is 2. The van der Waals surface area contributed by atoms with Crippen molar-refractivity contribution in [3.05, 3.63) is 71.5 Å². The standard InChI is InChI=1S/C23H24N4O2/c24-20(28)15-17-11-6-7-12-18(17)25-23(29)21-19-13-5-2-8-14-27(19)22(26-21)16-9-3-1-4-10-16/h1,3-4,6-7,9-12H,2,5,8,13-15H2,(H2,24,28)(H,25,29). The van der Waals surface area contributed by atoms with Crippen LogP contribution in [0.2, 0.25) is 0 Å². The molecule has 1 aliphatic rings. The molecule has 2 aromatic carbocycles. The number of anilines is 1. The third-order valence-corrected chi connectivity index (χ3v) is 5.25. The number of rotatable bonds is 5. The lowest BCUT2D eigenvalue weighted by molar-refractivity contribution is -0.117. The number of carbonyl (C=O) groups is 2.